The Balaban J connectivity index is 1.12. The van der Waals surface area contributed by atoms with Gasteiger partial charge in [-0.1, -0.05) is 200 Å². The highest BCUT2D eigenvalue weighted by Gasteiger charge is 2.49. The Morgan fingerprint density at radius 1 is 0.364 bits per heavy atom. The summed E-state index contributed by atoms with van der Waals surface area (Å²) >= 11 is 0. The molecule has 0 N–H and O–H groups in total. The minimum Gasteiger partial charge on any atom is -0.454 e. The van der Waals surface area contributed by atoms with E-state index in [1.807, 2.05) is 84.9 Å². The molecule has 0 atom stereocenters. The molecule has 77 heavy (non-hydrogen) atoms. The SMILES string of the molecule is [C-]#[N+]c1ccccc1N(c1cc2c(c3ccccc13)-c1c(cc(N(c3ccccc3C#N)c3cccc4c3oc3ccccc34)c3ccccc13)C2(c1ccccc1)c1ccccc1)c1cccc2c1oc1ccccc12. The molecule has 358 valence electrons. The number of para-hydroxylation sites is 7. The van der Waals surface area contributed by atoms with E-state index in [-0.39, 0.29) is 0 Å². The third-order valence-electron chi connectivity index (χ3n) is 15.8. The lowest BCUT2D eigenvalue weighted by Crippen LogP contribution is -2.29. The number of benzene rings is 12. The Hall–Kier alpha value is -10.7. The minimum atomic E-state index is -0.938. The van der Waals surface area contributed by atoms with Crippen molar-refractivity contribution in [3.63, 3.8) is 0 Å². The van der Waals surface area contributed by atoms with Crippen molar-refractivity contribution < 1.29 is 8.83 Å². The maximum Gasteiger partial charge on any atom is 0.210 e. The predicted octanol–water partition coefficient (Wildman–Crippen LogP) is 19.5. The molecule has 14 aromatic rings. The van der Waals surface area contributed by atoms with Crippen molar-refractivity contribution in [1.29, 1.82) is 5.26 Å². The molecule has 0 saturated heterocycles. The number of hydrogen-bond donors (Lipinski definition) is 0. The van der Waals surface area contributed by atoms with Crippen molar-refractivity contribution in [2.75, 3.05) is 9.80 Å². The van der Waals surface area contributed by atoms with Gasteiger partial charge in [0.2, 0.25) is 5.69 Å². The number of nitrogens with zero attached hydrogens (tertiary/aromatic N) is 4. The van der Waals surface area contributed by atoms with Gasteiger partial charge in [0.1, 0.15) is 17.2 Å². The predicted molar refractivity (Wildman–Crippen MR) is 314 cm³/mol. The van der Waals surface area contributed by atoms with Crippen molar-refractivity contribution in [1.82, 2.24) is 0 Å². The zero-order chi connectivity index (χ0) is 51.2. The number of anilines is 6. The van der Waals surface area contributed by atoms with Gasteiger partial charge in [-0.05, 0) is 98.8 Å². The molecule has 0 fully saturated rings. The monoisotopic (exact) mass is 982 g/mol. The normalized spacial score (nSPS) is 12.5. The Kier molecular flexibility index (Phi) is 9.81. The fraction of sp³-hybridized carbons (Fsp3) is 0.0141. The van der Waals surface area contributed by atoms with Crippen LogP contribution in [-0.2, 0) is 5.41 Å². The molecule has 0 spiro atoms. The molecule has 15 rings (SSSR count). The molecule has 0 radical (unpaired) electrons. The topological polar surface area (TPSA) is 60.9 Å². The van der Waals surface area contributed by atoms with Gasteiger partial charge in [-0.3, -0.25) is 0 Å². The lowest BCUT2D eigenvalue weighted by molar-refractivity contribution is 0.669. The van der Waals surface area contributed by atoms with Crippen LogP contribution < -0.4 is 9.80 Å². The average molecular weight is 983 g/mol. The Bertz CT molecular complexity index is 4500. The second-order valence-electron chi connectivity index (χ2n) is 19.6. The standard InChI is InChI=1S/C71H42N4O2/c1-73-58-35-15-17-37-60(58)75(62-39-21-34-55-51-30-14-19-41-66(51)77-70(55)62)64-43-57-68(53-32-12-10-28-49(53)64)67-52-31-11-9-27-48(52)63(42-56(67)71(57,46-23-4-2-5-24-46)47-25-6-3-7-26-47)74(59-36-16-8-22-45(59)44-72)61-38-20-33-54-50-29-13-18-40-65(50)76-69(54)61/h2-43H. The summed E-state index contributed by atoms with van der Waals surface area (Å²) in [4.78, 5) is 8.67. The Labute approximate surface area is 443 Å². The summed E-state index contributed by atoms with van der Waals surface area (Å²) in [5.41, 5.74) is 14.6. The summed E-state index contributed by atoms with van der Waals surface area (Å²) in [7, 11) is 0. The molecule has 1 aliphatic carbocycles. The van der Waals surface area contributed by atoms with Crippen LogP contribution in [0, 0.1) is 17.9 Å². The first-order valence-electron chi connectivity index (χ1n) is 25.8. The van der Waals surface area contributed by atoms with Gasteiger partial charge in [-0.2, -0.15) is 5.26 Å². The molecule has 0 aliphatic heterocycles. The van der Waals surface area contributed by atoms with Crippen LogP contribution in [0.5, 0.6) is 0 Å². The molecule has 1 aliphatic rings. The van der Waals surface area contributed by atoms with E-state index in [4.69, 9.17) is 15.4 Å². The van der Waals surface area contributed by atoms with Gasteiger partial charge in [0.05, 0.1) is 51.7 Å². The molecular formula is C71H42N4O2. The summed E-state index contributed by atoms with van der Waals surface area (Å²) in [6.07, 6.45) is 0. The van der Waals surface area contributed by atoms with Crippen LogP contribution in [0.3, 0.4) is 0 Å². The first-order valence-corrected chi connectivity index (χ1v) is 25.8. The fourth-order valence-electron chi connectivity index (χ4n) is 12.6. The summed E-state index contributed by atoms with van der Waals surface area (Å²) in [6.45, 7) is 8.62. The first kappa shape index (κ1) is 43.9. The molecule has 0 bridgehead atoms. The van der Waals surface area contributed by atoms with E-state index >= 15 is 0 Å². The van der Waals surface area contributed by atoms with Crippen molar-refractivity contribution in [2.45, 2.75) is 5.41 Å². The third kappa shape index (κ3) is 6.34. The second-order valence-corrected chi connectivity index (χ2v) is 19.6. The smallest absolute Gasteiger partial charge is 0.210 e. The van der Waals surface area contributed by atoms with Gasteiger partial charge in [0.25, 0.3) is 0 Å². The molecule has 12 aromatic carbocycles. The van der Waals surface area contributed by atoms with Crippen LogP contribution in [0.25, 0.3) is 81.4 Å². The van der Waals surface area contributed by atoms with Gasteiger partial charge in [0.15, 0.2) is 11.2 Å². The molecule has 2 heterocycles. The zero-order valence-electron chi connectivity index (χ0n) is 41.4. The van der Waals surface area contributed by atoms with Crippen molar-refractivity contribution in [2.24, 2.45) is 0 Å². The third-order valence-corrected chi connectivity index (χ3v) is 15.8. The highest BCUT2D eigenvalue weighted by Crippen LogP contribution is 2.63. The molecule has 0 amide bonds. The van der Waals surface area contributed by atoms with Crippen LogP contribution >= 0.6 is 0 Å². The minimum absolute atomic E-state index is 0.513. The van der Waals surface area contributed by atoms with Gasteiger partial charge in [-0.25, -0.2) is 4.85 Å². The van der Waals surface area contributed by atoms with E-state index in [0.29, 0.717) is 11.3 Å². The number of furan rings is 2. The average Bonchev–Trinajstić information content (AvgIpc) is 4.29. The van der Waals surface area contributed by atoms with E-state index in [0.717, 1.165) is 133 Å². The lowest BCUT2D eigenvalue weighted by Gasteiger charge is -2.36. The molecular weight excluding hydrogens is 941 g/mol. The molecule has 6 heteroatoms. The van der Waals surface area contributed by atoms with Crippen LogP contribution in [-0.4, -0.2) is 0 Å². The number of fused-ring (bicyclic) bond motifs is 13. The van der Waals surface area contributed by atoms with Crippen molar-refractivity contribution in [3.05, 3.63) is 294 Å². The van der Waals surface area contributed by atoms with Crippen molar-refractivity contribution >= 4 is 105 Å². The number of nitriles is 1. The molecule has 0 unspecified atom stereocenters. The first-order chi connectivity index (χ1) is 38.1. The lowest BCUT2D eigenvalue weighted by atomic mass is 9.67. The fourth-order valence-corrected chi connectivity index (χ4v) is 12.6. The largest absolute Gasteiger partial charge is 0.454 e. The van der Waals surface area contributed by atoms with Crippen LogP contribution in [0.15, 0.2) is 264 Å². The maximum absolute atomic E-state index is 11.0. The van der Waals surface area contributed by atoms with Gasteiger partial charge < -0.3 is 18.6 Å². The molecule has 2 aromatic heterocycles. The Morgan fingerprint density at radius 3 is 1.26 bits per heavy atom. The van der Waals surface area contributed by atoms with E-state index in [9.17, 15) is 5.26 Å². The highest BCUT2D eigenvalue weighted by atomic mass is 16.3. The van der Waals surface area contributed by atoms with E-state index in [1.165, 1.54) is 0 Å². The number of rotatable bonds is 8. The quantitative estimate of drug-likeness (QED) is 0.142. The van der Waals surface area contributed by atoms with Crippen LogP contribution in [0.2, 0.25) is 0 Å². The summed E-state index contributed by atoms with van der Waals surface area (Å²) in [5, 5.41) is 19.2. The van der Waals surface area contributed by atoms with Crippen molar-refractivity contribution in [3.8, 4) is 17.2 Å². The summed E-state index contributed by atoms with van der Waals surface area (Å²) in [6, 6.07) is 91.2. The number of hydrogen-bond acceptors (Lipinski definition) is 5. The van der Waals surface area contributed by atoms with Gasteiger partial charge in [0, 0.05) is 32.3 Å². The molecule has 6 nitrogen and oxygen atoms in total. The van der Waals surface area contributed by atoms with E-state index in [2.05, 4.69) is 191 Å². The van der Waals surface area contributed by atoms with Gasteiger partial charge >= 0.3 is 0 Å². The molecule has 0 saturated carbocycles. The summed E-state index contributed by atoms with van der Waals surface area (Å²) in [5.74, 6) is 0. The highest BCUT2D eigenvalue weighted by molar-refractivity contribution is 6.20. The zero-order valence-corrected chi connectivity index (χ0v) is 41.4. The van der Waals surface area contributed by atoms with Crippen LogP contribution in [0.4, 0.5) is 39.8 Å². The van der Waals surface area contributed by atoms with Gasteiger partial charge in [-0.15, -0.1) is 0 Å². The summed E-state index contributed by atoms with van der Waals surface area (Å²) < 4.78 is 13.8. The Morgan fingerprint density at radius 2 is 0.753 bits per heavy atom. The maximum atomic E-state index is 11.0. The van der Waals surface area contributed by atoms with E-state index in [1.54, 1.807) is 0 Å². The van der Waals surface area contributed by atoms with E-state index < -0.39 is 5.41 Å². The second kappa shape index (κ2) is 17.2. The van der Waals surface area contributed by atoms with Crippen LogP contribution in [0.1, 0.15) is 27.8 Å².